The SMILES string of the molecule is CC(=O)OC1=C(C(C)=O)C(C)CCC1. The van der Waals surface area contributed by atoms with Crippen molar-refractivity contribution < 1.29 is 14.3 Å². The predicted molar refractivity (Wildman–Crippen MR) is 52.5 cm³/mol. The molecule has 0 aromatic heterocycles. The molecule has 1 aliphatic carbocycles. The van der Waals surface area contributed by atoms with Gasteiger partial charge in [0.2, 0.25) is 0 Å². The van der Waals surface area contributed by atoms with Crippen LogP contribution in [-0.2, 0) is 14.3 Å². The first-order chi connectivity index (χ1) is 6.52. The molecule has 0 aromatic rings. The van der Waals surface area contributed by atoms with Crippen molar-refractivity contribution in [3.63, 3.8) is 0 Å². The van der Waals surface area contributed by atoms with Gasteiger partial charge in [-0.2, -0.15) is 0 Å². The van der Waals surface area contributed by atoms with Crippen molar-refractivity contribution in [2.24, 2.45) is 5.92 Å². The van der Waals surface area contributed by atoms with Crippen LogP contribution in [0.3, 0.4) is 0 Å². The molecule has 1 atom stereocenters. The molecule has 0 fully saturated rings. The third-order valence-corrected chi connectivity index (χ3v) is 2.48. The minimum absolute atomic E-state index is 0.0217. The van der Waals surface area contributed by atoms with Crippen LogP contribution in [0.2, 0.25) is 0 Å². The van der Waals surface area contributed by atoms with Crippen LogP contribution in [0.1, 0.15) is 40.0 Å². The van der Waals surface area contributed by atoms with E-state index in [2.05, 4.69) is 0 Å². The summed E-state index contributed by atoms with van der Waals surface area (Å²) < 4.78 is 5.06. The average Bonchev–Trinajstić information content (AvgIpc) is 2.01. The molecule has 0 amide bonds. The van der Waals surface area contributed by atoms with Gasteiger partial charge in [0.25, 0.3) is 0 Å². The van der Waals surface area contributed by atoms with E-state index < -0.39 is 0 Å². The van der Waals surface area contributed by atoms with Crippen LogP contribution in [0.5, 0.6) is 0 Å². The lowest BCUT2D eigenvalue weighted by molar-refractivity contribution is -0.137. The van der Waals surface area contributed by atoms with Gasteiger partial charge in [-0.15, -0.1) is 0 Å². The van der Waals surface area contributed by atoms with Crippen LogP contribution in [0.15, 0.2) is 11.3 Å². The van der Waals surface area contributed by atoms with Crippen molar-refractivity contribution in [1.82, 2.24) is 0 Å². The van der Waals surface area contributed by atoms with Crippen LogP contribution in [0.4, 0.5) is 0 Å². The zero-order chi connectivity index (χ0) is 10.7. The summed E-state index contributed by atoms with van der Waals surface area (Å²) in [6.45, 7) is 4.89. The van der Waals surface area contributed by atoms with Crippen LogP contribution in [0, 0.1) is 5.92 Å². The molecule has 1 rings (SSSR count). The summed E-state index contributed by atoms with van der Waals surface area (Å²) in [4.78, 5) is 22.2. The predicted octanol–water partition coefficient (Wildman–Crippen LogP) is 2.21. The standard InChI is InChI=1S/C11H16O3/c1-7-5-4-6-10(14-9(3)13)11(7)8(2)12/h7H,4-6H2,1-3H3. The topological polar surface area (TPSA) is 43.4 Å². The summed E-state index contributed by atoms with van der Waals surface area (Å²) in [5.74, 6) is 0.487. The molecule has 3 heteroatoms. The third-order valence-electron chi connectivity index (χ3n) is 2.48. The zero-order valence-electron chi connectivity index (χ0n) is 8.92. The van der Waals surface area contributed by atoms with Crippen molar-refractivity contribution in [2.45, 2.75) is 40.0 Å². The highest BCUT2D eigenvalue weighted by atomic mass is 16.5. The lowest BCUT2D eigenvalue weighted by atomic mass is 9.86. The molecule has 3 nitrogen and oxygen atoms in total. The van der Waals surface area contributed by atoms with E-state index in [1.54, 1.807) is 0 Å². The Hall–Kier alpha value is -1.12. The molecule has 1 unspecified atom stereocenters. The largest absolute Gasteiger partial charge is 0.431 e. The minimum atomic E-state index is -0.340. The van der Waals surface area contributed by atoms with Gasteiger partial charge in [0.1, 0.15) is 5.76 Å². The summed E-state index contributed by atoms with van der Waals surface area (Å²) in [6.07, 6.45) is 2.69. The summed E-state index contributed by atoms with van der Waals surface area (Å²) >= 11 is 0. The monoisotopic (exact) mass is 196 g/mol. The van der Waals surface area contributed by atoms with E-state index in [-0.39, 0.29) is 17.7 Å². The quantitative estimate of drug-likeness (QED) is 0.636. The number of hydrogen-bond acceptors (Lipinski definition) is 3. The van der Waals surface area contributed by atoms with Crippen LogP contribution in [0.25, 0.3) is 0 Å². The van der Waals surface area contributed by atoms with Gasteiger partial charge in [-0.1, -0.05) is 6.92 Å². The lowest BCUT2D eigenvalue weighted by Gasteiger charge is -2.23. The normalized spacial score (nSPS) is 22.1. The van der Waals surface area contributed by atoms with E-state index in [4.69, 9.17) is 4.74 Å². The zero-order valence-corrected chi connectivity index (χ0v) is 8.92. The molecular formula is C11H16O3. The Morgan fingerprint density at radius 1 is 1.36 bits per heavy atom. The van der Waals surface area contributed by atoms with Crippen molar-refractivity contribution in [2.75, 3.05) is 0 Å². The maximum Gasteiger partial charge on any atom is 0.307 e. The average molecular weight is 196 g/mol. The molecular weight excluding hydrogens is 180 g/mol. The first-order valence-electron chi connectivity index (χ1n) is 4.94. The summed E-state index contributed by atoms with van der Waals surface area (Å²) in [5, 5.41) is 0. The maximum absolute atomic E-state index is 11.4. The Morgan fingerprint density at radius 3 is 2.50 bits per heavy atom. The summed E-state index contributed by atoms with van der Waals surface area (Å²) in [6, 6.07) is 0. The Labute approximate surface area is 84.1 Å². The molecule has 14 heavy (non-hydrogen) atoms. The van der Waals surface area contributed by atoms with Crippen molar-refractivity contribution in [3.8, 4) is 0 Å². The lowest BCUT2D eigenvalue weighted by Crippen LogP contribution is -2.18. The van der Waals surface area contributed by atoms with Crippen LogP contribution in [-0.4, -0.2) is 11.8 Å². The maximum atomic E-state index is 11.4. The number of allylic oxidation sites excluding steroid dienone is 2. The number of rotatable bonds is 2. The first kappa shape index (κ1) is 11.0. The van der Waals surface area contributed by atoms with E-state index in [0.717, 1.165) is 12.8 Å². The summed E-state index contributed by atoms with van der Waals surface area (Å²) in [5.41, 5.74) is 0.700. The number of Topliss-reactive ketones (excluding diaryl/α,β-unsaturated/α-hetero) is 1. The Morgan fingerprint density at radius 2 is 2.00 bits per heavy atom. The molecule has 0 spiro atoms. The second-order valence-electron chi connectivity index (χ2n) is 3.78. The van der Waals surface area contributed by atoms with Gasteiger partial charge in [-0.25, -0.2) is 0 Å². The molecule has 0 aromatic carbocycles. The van der Waals surface area contributed by atoms with E-state index in [1.807, 2.05) is 6.92 Å². The summed E-state index contributed by atoms with van der Waals surface area (Å²) in [7, 11) is 0. The molecule has 0 saturated carbocycles. The smallest absolute Gasteiger partial charge is 0.307 e. The fourth-order valence-corrected chi connectivity index (χ4v) is 1.95. The van der Waals surface area contributed by atoms with Gasteiger partial charge < -0.3 is 4.74 Å². The highest BCUT2D eigenvalue weighted by Gasteiger charge is 2.24. The molecule has 0 radical (unpaired) electrons. The van der Waals surface area contributed by atoms with Crippen molar-refractivity contribution >= 4 is 11.8 Å². The fraction of sp³-hybridized carbons (Fsp3) is 0.636. The Bertz CT molecular complexity index is 289. The number of carbonyl (C=O) groups is 2. The number of esters is 1. The van der Waals surface area contributed by atoms with Crippen molar-refractivity contribution in [1.29, 1.82) is 0 Å². The molecule has 78 valence electrons. The van der Waals surface area contributed by atoms with E-state index in [0.29, 0.717) is 17.8 Å². The first-order valence-corrected chi connectivity index (χ1v) is 4.94. The van der Waals surface area contributed by atoms with Gasteiger partial charge in [-0.05, 0) is 25.7 Å². The number of ketones is 1. The second kappa shape index (κ2) is 4.40. The second-order valence-corrected chi connectivity index (χ2v) is 3.78. The molecule has 0 aliphatic heterocycles. The molecule has 0 saturated heterocycles. The molecule has 0 bridgehead atoms. The van der Waals surface area contributed by atoms with Crippen LogP contribution < -0.4 is 0 Å². The van der Waals surface area contributed by atoms with Gasteiger partial charge in [-0.3, -0.25) is 9.59 Å². The van der Waals surface area contributed by atoms with Gasteiger partial charge in [0.15, 0.2) is 5.78 Å². The highest BCUT2D eigenvalue weighted by Crippen LogP contribution is 2.31. The van der Waals surface area contributed by atoms with Gasteiger partial charge in [0.05, 0.1) is 0 Å². The van der Waals surface area contributed by atoms with Gasteiger partial charge in [0, 0.05) is 18.9 Å². The van der Waals surface area contributed by atoms with Crippen molar-refractivity contribution in [3.05, 3.63) is 11.3 Å². The Balaban J connectivity index is 2.96. The number of carbonyl (C=O) groups excluding carboxylic acids is 2. The highest BCUT2D eigenvalue weighted by molar-refractivity contribution is 5.94. The third kappa shape index (κ3) is 2.44. The van der Waals surface area contributed by atoms with Gasteiger partial charge >= 0.3 is 5.97 Å². The minimum Gasteiger partial charge on any atom is -0.431 e. The molecule has 0 N–H and O–H groups in total. The fourth-order valence-electron chi connectivity index (χ4n) is 1.95. The molecule has 0 heterocycles. The molecule has 1 aliphatic rings. The number of ether oxygens (including phenoxy) is 1. The van der Waals surface area contributed by atoms with E-state index in [9.17, 15) is 9.59 Å². The van der Waals surface area contributed by atoms with Crippen LogP contribution >= 0.6 is 0 Å². The number of hydrogen-bond donors (Lipinski definition) is 0. The Kier molecular flexibility index (Phi) is 3.44. The van der Waals surface area contributed by atoms with E-state index in [1.165, 1.54) is 13.8 Å². The van der Waals surface area contributed by atoms with E-state index >= 15 is 0 Å².